The van der Waals surface area contributed by atoms with Gasteiger partial charge in [0.15, 0.2) is 0 Å². The molecule has 0 radical (unpaired) electrons. The van der Waals surface area contributed by atoms with Crippen LogP contribution in [0.15, 0.2) is 30.3 Å². The second-order valence-electron chi connectivity index (χ2n) is 4.22. The standard InChI is InChI=1S/C14H22N2O2/c1-3-7-12(11-8-5-4-6-9-11)16-14(17)13(10-15)18-2/h4-6,8-9,12-13H,3,7,10,15H2,1-2H3,(H,16,17). The molecule has 18 heavy (non-hydrogen) atoms. The van der Waals surface area contributed by atoms with Gasteiger partial charge in [-0.2, -0.15) is 0 Å². The molecule has 0 fully saturated rings. The van der Waals surface area contributed by atoms with Crippen molar-refractivity contribution >= 4 is 5.91 Å². The topological polar surface area (TPSA) is 64.4 Å². The summed E-state index contributed by atoms with van der Waals surface area (Å²) in [5.41, 5.74) is 6.60. The van der Waals surface area contributed by atoms with E-state index in [2.05, 4.69) is 12.2 Å². The van der Waals surface area contributed by atoms with Crippen LogP contribution in [0.5, 0.6) is 0 Å². The van der Waals surface area contributed by atoms with Crippen LogP contribution in [0.1, 0.15) is 31.4 Å². The van der Waals surface area contributed by atoms with E-state index in [1.54, 1.807) is 0 Å². The number of rotatable bonds is 7. The number of hydrogen-bond donors (Lipinski definition) is 2. The molecule has 0 aliphatic carbocycles. The van der Waals surface area contributed by atoms with Gasteiger partial charge in [0.25, 0.3) is 5.91 Å². The summed E-state index contributed by atoms with van der Waals surface area (Å²) >= 11 is 0. The summed E-state index contributed by atoms with van der Waals surface area (Å²) in [7, 11) is 1.49. The van der Waals surface area contributed by atoms with Crippen LogP contribution in [0.25, 0.3) is 0 Å². The smallest absolute Gasteiger partial charge is 0.250 e. The Balaban J connectivity index is 2.72. The number of nitrogens with one attached hydrogen (secondary N) is 1. The molecule has 4 heteroatoms. The average Bonchev–Trinajstić information content (AvgIpc) is 2.40. The summed E-state index contributed by atoms with van der Waals surface area (Å²) in [6, 6.07) is 9.97. The molecule has 0 aliphatic heterocycles. The predicted octanol–water partition coefficient (Wildman–Crippen LogP) is 1.62. The Bertz CT molecular complexity index is 350. The van der Waals surface area contributed by atoms with Gasteiger partial charge in [0, 0.05) is 13.7 Å². The van der Waals surface area contributed by atoms with Crippen molar-refractivity contribution in [1.29, 1.82) is 0 Å². The van der Waals surface area contributed by atoms with Crippen molar-refractivity contribution in [2.45, 2.75) is 31.9 Å². The van der Waals surface area contributed by atoms with E-state index in [0.29, 0.717) is 0 Å². The molecular weight excluding hydrogens is 228 g/mol. The van der Waals surface area contributed by atoms with Crippen molar-refractivity contribution in [3.05, 3.63) is 35.9 Å². The van der Waals surface area contributed by atoms with Crippen LogP contribution >= 0.6 is 0 Å². The summed E-state index contributed by atoms with van der Waals surface area (Å²) in [5, 5.41) is 2.99. The molecule has 0 saturated carbocycles. The summed E-state index contributed by atoms with van der Waals surface area (Å²) in [6.45, 7) is 2.29. The van der Waals surface area contributed by atoms with E-state index < -0.39 is 6.10 Å². The molecule has 1 aromatic carbocycles. The van der Waals surface area contributed by atoms with Crippen molar-refractivity contribution in [2.24, 2.45) is 5.73 Å². The zero-order chi connectivity index (χ0) is 13.4. The Labute approximate surface area is 109 Å². The summed E-state index contributed by atoms with van der Waals surface area (Å²) in [6.07, 6.45) is 1.32. The normalized spacial score (nSPS) is 13.9. The van der Waals surface area contributed by atoms with E-state index in [1.807, 2.05) is 30.3 Å². The van der Waals surface area contributed by atoms with Gasteiger partial charge in [0.05, 0.1) is 6.04 Å². The minimum absolute atomic E-state index is 0.0212. The molecule has 0 saturated heterocycles. The third kappa shape index (κ3) is 4.13. The molecule has 0 aliphatic rings. The third-order valence-electron chi connectivity index (χ3n) is 2.89. The number of methoxy groups -OCH3 is 1. The Morgan fingerprint density at radius 3 is 2.56 bits per heavy atom. The molecule has 0 aromatic heterocycles. The van der Waals surface area contributed by atoms with E-state index in [4.69, 9.17) is 10.5 Å². The molecule has 4 nitrogen and oxygen atoms in total. The van der Waals surface area contributed by atoms with Gasteiger partial charge < -0.3 is 15.8 Å². The van der Waals surface area contributed by atoms with Gasteiger partial charge in [0.2, 0.25) is 0 Å². The summed E-state index contributed by atoms with van der Waals surface area (Å²) in [5.74, 6) is -0.151. The largest absolute Gasteiger partial charge is 0.370 e. The molecule has 2 unspecified atom stereocenters. The van der Waals surface area contributed by atoms with Crippen LogP contribution in [0.2, 0.25) is 0 Å². The number of carbonyl (C=O) groups is 1. The van der Waals surface area contributed by atoms with Crippen LogP contribution in [0.4, 0.5) is 0 Å². The second-order valence-corrected chi connectivity index (χ2v) is 4.22. The van der Waals surface area contributed by atoms with Gasteiger partial charge in [0.1, 0.15) is 6.10 Å². The first-order valence-corrected chi connectivity index (χ1v) is 6.31. The minimum Gasteiger partial charge on any atom is -0.370 e. The van der Waals surface area contributed by atoms with E-state index in [-0.39, 0.29) is 18.5 Å². The Hall–Kier alpha value is -1.39. The van der Waals surface area contributed by atoms with Crippen molar-refractivity contribution in [3.63, 3.8) is 0 Å². The molecule has 2 atom stereocenters. The van der Waals surface area contributed by atoms with Gasteiger partial charge in [-0.05, 0) is 12.0 Å². The van der Waals surface area contributed by atoms with Gasteiger partial charge in [-0.25, -0.2) is 0 Å². The Morgan fingerprint density at radius 1 is 1.39 bits per heavy atom. The number of hydrogen-bond acceptors (Lipinski definition) is 3. The number of benzene rings is 1. The van der Waals surface area contributed by atoms with Crippen LogP contribution in [-0.4, -0.2) is 25.7 Å². The number of nitrogens with two attached hydrogens (primary N) is 1. The van der Waals surface area contributed by atoms with Crippen molar-refractivity contribution < 1.29 is 9.53 Å². The highest BCUT2D eigenvalue weighted by atomic mass is 16.5. The lowest BCUT2D eigenvalue weighted by atomic mass is 10.0. The van der Waals surface area contributed by atoms with E-state index >= 15 is 0 Å². The molecule has 1 rings (SSSR count). The lowest BCUT2D eigenvalue weighted by molar-refractivity contribution is -0.131. The fourth-order valence-electron chi connectivity index (χ4n) is 1.87. The maximum absolute atomic E-state index is 11.9. The molecule has 100 valence electrons. The first-order chi connectivity index (χ1) is 8.72. The SMILES string of the molecule is CCCC(NC(=O)C(CN)OC)c1ccccc1. The Morgan fingerprint density at radius 2 is 2.06 bits per heavy atom. The minimum atomic E-state index is -0.576. The molecular formula is C14H22N2O2. The third-order valence-corrected chi connectivity index (χ3v) is 2.89. The highest BCUT2D eigenvalue weighted by Crippen LogP contribution is 2.18. The second kappa shape index (κ2) is 7.84. The summed E-state index contributed by atoms with van der Waals surface area (Å²) < 4.78 is 5.04. The fourth-order valence-corrected chi connectivity index (χ4v) is 1.87. The van der Waals surface area contributed by atoms with Gasteiger partial charge >= 0.3 is 0 Å². The fraction of sp³-hybridized carbons (Fsp3) is 0.500. The predicted molar refractivity (Wildman–Crippen MR) is 72.1 cm³/mol. The van der Waals surface area contributed by atoms with Crippen molar-refractivity contribution in [1.82, 2.24) is 5.32 Å². The zero-order valence-corrected chi connectivity index (χ0v) is 11.1. The van der Waals surface area contributed by atoms with E-state index in [0.717, 1.165) is 18.4 Å². The average molecular weight is 250 g/mol. The lowest BCUT2D eigenvalue weighted by Gasteiger charge is -2.21. The first kappa shape index (κ1) is 14.7. The lowest BCUT2D eigenvalue weighted by Crippen LogP contribution is -2.42. The van der Waals surface area contributed by atoms with Crippen molar-refractivity contribution in [2.75, 3.05) is 13.7 Å². The van der Waals surface area contributed by atoms with Crippen molar-refractivity contribution in [3.8, 4) is 0 Å². The maximum atomic E-state index is 11.9. The van der Waals surface area contributed by atoms with Crippen LogP contribution in [0.3, 0.4) is 0 Å². The maximum Gasteiger partial charge on any atom is 0.250 e. The molecule has 1 aromatic rings. The molecule has 1 amide bonds. The van der Waals surface area contributed by atoms with Gasteiger partial charge in [-0.1, -0.05) is 43.7 Å². The highest BCUT2D eigenvalue weighted by Gasteiger charge is 2.20. The van der Waals surface area contributed by atoms with E-state index in [1.165, 1.54) is 7.11 Å². The quantitative estimate of drug-likeness (QED) is 0.773. The van der Waals surface area contributed by atoms with Crippen LogP contribution < -0.4 is 11.1 Å². The van der Waals surface area contributed by atoms with Gasteiger partial charge in [-0.15, -0.1) is 0 Å². The molecule has 0 bridgehead atoms. The first-order valence-electron chi connectivity index (χ1n) is 6.31. The van der Waals surface area contributed by atoms with Crippen LogP contribution in [-0.2, 0) is 9.53 Å². The van der Waals surface area contributed by atoms with Crippen LogP contribution in [0, 0.1) is 0 Å². The number of carbonyl (C=O) groups excluding carboxylic acids is 1. The zero-order valence-electron chi connectivity index (χ0n) is 11.1. The highest BCUT2D eigenvalue weighted by molar-refractivity contribution is 5.81. The molecule has 3 N–H and O–H groups in total. The van der Waals surface area contributed by atoms with Gasteiger partial charge in [-0.3, -0.25) is 4.79 Å². The molecule has 0 heterocycles. The summed E-state index contributed by atoms with van der Waals surface area (Å²) in [4.78, 5) is 11.9. The monoisotopic (exact) mass is 250 g/mol. The number of ether oxygens (including phenoxy) is 1. The Kier molecular flexibility index (Phi) is 6.39. The molecule has 0 spiro atoms. The van der Waals surface area contributed by atoms with E-state index in [9.17, 15) is 4.79 Å². The number of amides is 1.